The summed E-state index contributed by atoms with van der Waals surface area (Å²) in [7, 11) is -3.75. The number of nitro groups is 1. The van der Waals surface area contributed by atoms with Gasteiger partial charge >= 0.3 is 0 Å². The second-order valence-electron chi connectivity index (χ2n) is 5.76. The molecule has 0 radical (unpaired) electrons. The van der Waals surface area contributed by atoms with Crippen LogP contribution in [0, 0.1) is 10.1 Å². The van der Waals surface area contributed by atoms with Gasteiger partial charge in [-0.1, -0.05) is 12.1 Å². The van der Waals surface area contributed by atoms with Crippen molar-refractivity contribution in [3.05, 3.63) is 52.6 Å². The zero-order valence-corrected chi connectivity index (χ0v) is 15.2. The first-order valence-electron chi connectivity index (χ1n) is 8.34. The summed E-state index contributed by atoms with van der Waals surface area (Å²) in [5.41, 5.74) is 0.264. The van der Waals surface area contributed by atoms with Crippen molar-refractivity contribution in [3.63, 3.8) is 0 Å². The Hall–Kier alpha value is -2.85. The minimum atomic E-state index is -3.75. The molecule has 0 saturated carbocycles. The molecule has 2 aromatic carbocycles. The third-order valence-electron chi connectivity index (χ3n) is 3.86. The van der Waals surface area contributed by atoms with Crippen LogP contribution in [0.1, 0.15) is 6.42 Å². The van der Waals surface area contributed by atoms with Gasteiger partial charge in [-0.05, 0) is 18.2 Å². The first-order valence-corrected chi connectivity index (χ1v) is 9.82. The Bertz CT molecular complexity index is 932. The molecule has 0 fully saturated rings. The first kappa shape index (κ1) is 18.9. The van der Waals surface area contributed by atoms with Gasteiger partial charge in [-0.2, -0.15) is 0 Å². The lowest BCUT2D eigenvalue weighted by atomic mass is 10.2. The summed E-state index contributed by atoms with van der Waals surface area (Å²) < 4.78 is 38.4. The quantitative estimate of drug-likeness (QED) is 0.420. The van der Waals surface area contributed by atoms with E-state index in [9.17, 15) is 18.5 Å². The van der Waals surface area contributed by atoms with Crippen molar-refractivity contribution in [3.8, 4) is 11.5 Å². The molecule has 0 aromatic heterocycles. The molecule has 0 unspecified atom stereocenters. The van der Waals surface area contributed by atoms with E-state index in [1.54, 1.807) is 24.3 Å². The van der Waals surface area contributed by atoms with Gasteiger partial charge in [-0.15, -0.1) is 0 Å². The lowest BCUT2D eigenvalue weighted by Gasteiger charge is -2.11. The van der Waals surface area contributed by atoms with E-state index in [-0.39, 0.29) is 23.7 Å². The number of rotatable bonds is 7. The van der Waals surface area contributed by atoms with Crippen molar-refractivity contribution in [1.82, 2.24) is 4.72 Å². The standard InChI is InChI=1S/C17H19N3O6S/c21-20(22)15-5-2-1-4-14(15)18-8-9-19-27(23,24)13-6-7-16-17(12-13)26-11-3-10-25-16/h1-2,4-7,12,18-19H,3,8-11H2. The molecule has 9 nitrogen and oxygen atoms in total. The highest BCUT2D eigenvalue weighted by atomic mass is 32.2. The second kappa shape index (κ2) is 8.23. The number of nitrogens with one attached hydrogen (secondary N) is 2. The number of benzene rings is 2. The molecule has 0 bridgehead atoms. The molecule has 1 heterocycles. The number of sulfonamides is 1. The normalized spacial score (nSPS) is 13.6. The number of nitro benzene ring substituents is 1. The average molecular weight is 393 g/mol. The Morgan fingerprint density at radius 1 is 1.04 bits per heavy atom. The zero-order chi connectivity index (χ0) is 19.3. The fourth-order valence-corrected chi connectivity index (χ4v) is 3.61. The Kier molecular flexibility index (Phi) is 5.77. The van der Waals surface area contributed by atoms with E-state index in [0.29, 0.717) is 30.4 Å². The Morgan fingerprint density at radius 3 is 2.56 bits per heavy atom. The predicted molar refractivity (Wildman–Crippen MR) is 98.8 cm³/mol. The highest BCUT2D eigenvalue weighted by Gasteiger charge is 2.18. The molecule has 0 spiro atoms. The summed E-state index contributed by atoms with van der Waals surface area (Å²) >= 11 is 0. The third kappa shape index (κ3) is 4.66. The number of para-hydroxylation sites is 2. The minimum absolute atomic E-state index is 0.0584. The van der Waals surface area contributed by atoms with Crippen LogP contribution in [-0.2, 0) is 10.0 Å². The van der Waals surface area contributed by atoms with Crippen LogP contribution in [0.2, 0.25) is 0 Å². The van der Waals surface area contributed by atoms with Crippen LogP contribution in [0.4, 0.5) is 11.4 Å². The smallest absolute Gasteiger partial charge is 0.292 e. The number of hydrogen-bond donors (Lipinski definition) is 2. The van der Waals surface area contributed by atoms with Gasteiger partial charge in [0, 0.05) is 31.6 Å². The molecule has 0 saturated heterocycles. The summed E-state index contributed by atoms with van der Waals surface area (Å²) in [6.07, 6.45) is 0.728. The largest absolute Gasteiger partial charge is 0.490 e. The lowest BCUT2D eigenvalue weighted by Crippen LogP contribution is -2.29. The summed E-state index contributed by atoms with van der Waals surface area (Å²) in [6, 6.07) is 10.6. The number of hydrogen-bond acceptors (Lipinski definition) is 7. The van der Waals surface area contributed by atoms with Gasteiger partial charge in [0.2, 0.25) is 10.0 Å². The minimum Gasteiger partial charge on any atom is -0.490 e. The topological polar surface area (TPSA) is 120 Å². The van der Waals surface area contributed by atoms with Crippen molar-refractivity contribution >= 4 is 21.4 Å². The van der Waals surface area contributed by atoms with Crippen LogP contribution in [0.15, 0.2) is 47.4 Å². The van der Waals surface area contributed by atoms with E-state index < -0.39 is 14.9 Å². The molecule has 0 aliphatic carbocycles. The van der Waals surface area contributed by atoms with Crippen LogP contribution >= 0.6 is 0 Å². The SMILES string of the molecule is O=[N+]([O-])c1ccccc1NCCNS(=O)(=O)c1ccc2c(c1)OCCCO2. The maximum atomic E-state index is 12.4. The Labute approximate surface area is 156 Å². The van der Waals surface area contributed by atoms with Crippen LogP contribution in [-0.4, -0.2) is 39.6 Å². The lowest BCUT2D eigenvalue weighted by molar-refractivity contribution is -0.384. The highest BCUT2D eigenvalue weighted by Crippen LogP contribution is 2.31. The van der Waals surface area contributed by atoms with Gasteiger partial charge in [-0.3, -0.25) is 10.1 Å². The molecule has 2 aromatic rings. The van der Waals surface area contributed by atoms with Crippen molar-refractivity contribution in [1.29, 1.82) is 0 Å². The van der Waals surface area contributed by atoms with Gasteiger partial charge in [0.25, 0.3) is 5.69 Å². The number of fused-ring (bicyclic) bond motifs is 1. The van der Waals surface area contributed by atoms with Gasteiger partial charge in [-0.25, -0.2) is 13.1 Å². The van der Waals surface area contributed by atoms with Crippen LogP contribution in [0.5, 0.6) is 11.5 Å². The zero-order valence-electron chi connectivity index (χ0n) is 14.4. The summed E-state index contributed by atoms with van der Waals surface area (Å²) in [5.74, 6) is 0.915. The van der Waals surface area contributed by atoms with Crippen molar-refractivity contribution in [2.75, 3.05) is 31.6 Å². The summed E-state index contributed by atoms with van der Waals surface area (Å²) in [4.78, 5) is 10.5. The molecule has 0 atom stereocenters. The van der Waals surface area contributed by atoms with E-state index in [0.717, 1.165) is 6.42 Å². The predicted octanol–water partition coefficient (Wildman–Crippen LogP) is 2.15. The molecule has 10 heteroatoms. The van der Waals surface area contributed by atoms with Crippen LogP contribution in [0.25, 0.3) is 0 Å². The fourth-order valence-electron chi connectivity index (χ4n) is 2.56. The number of nitrogens with zero attached hydrogens (tertiary/aromatic N) is 1. The molecule has 1 aliphatic heterocycles. The van der Waals surface area contributed by atoms with E-state index in [2.05, 4.69) is 10.0 Å². The van der Waals surface area contributed by atoms with Gasteiger partial charge in [0.1, 0.15) is 5.69 Å². The van der Waals surface area contributed by atoms with Gasteiger partial charge in [0.15, 0.2) is 11.5 Å². The molecular weight excluding hydrogens is 374 g/mol. The maximum absolute atomic E-state index is 12.4. The van der Waals surface area contributed by atoms with Gasteiger partial charge in [0.05, 0.1) is 23.0 Å². The second-order valence-corrected chi connectivity index (χ2v) is 7.52. The number of ether oxygens (including phenoxy) is 2. The maximum Gasteiger partial charge on any atom is 0.292 e. The molecule has 1 aliphatic rings. The van der Waals surface area contributed by atoms with Crippen LogP contribution < -0.4 is 19.5 Å². The number of anilines is 1. The molecule has 0 amide bonds. The van der Waals surface area contributed by atoms with E-state index in [1.165, 1.54) is 18.2 Å². The van der Waals surface area contributed by atoms with Crippen molar-refractivity contribution in [2.24, 2.45) is 0 Å². The molecule has 144 valence electrons. The van der Waals surface area contributed by atoms with E-state index >= 15 is 0 Å². The third-order valence-corrected chi connectivity index (χ3v) is 5.32. The molecule has 27 heavy (non-hydrogen) atoms. The summed E-state index contributed by atoms with van der Waals surface area (Å²) in [6.45, 7) is 1.23. The van der Waals surface area contributed by atoms with Crippen LogP contribution in [0.3, 0.4) is 0 Å². The van der Waals surface area contributed by atoms with Crippen molar-refractivity contribution < 1.29 is 22.8 Å². The van der Waals surface area contributed by atoms with E-state index in [4.69, 9.17) is 9.47 Å². The summed E-state index contributed by atoms with van der Waals surface area (Å²) in [5, 5.41) is 13.8. The van der Waals surface area contributed by atoms with Gasteiger partial charge < -0.3 is 14.8 Å². The fraction of sp³-hybridized carbons (Fsp3) is 0.294. The first-order chi connectivity index (χ1) is 13.0. The molecule has 3 rings (SSSR count). The Morgan fingerprint density at radius 2 is 1.78 bits per heavy atom. The van der Waals surface area contributed by atoms with E-state index in [1.807, 2.05) is 0 Å². The highest BCUT2D eigenvalue weighted by molar-refractivity contribution is 7.89. The molecular formula is C17H19N3O6S. The van der Waals surface area contributed by atoms with Crippen molar-refractivity contribution in [2.45, 2.75) is 11.3 Å². The molecule has 2 N–H and O–H groups in total. The average Bonchev–Trinajstić information content (AvgIpc) is 2.90. The monoisotopic (exact) mass is 393 g/mol. The Balaban J connectivity index is 1.61.